The molecule has 578 valence electrons. The number of phenolic OH excluding ortho intramolecular Hbond substituents is 1. The number of nitrogens with zero attached hydrogens (tertiary/aromatic N) is 1. The number of fused-ring (bicyclic) bond motifs is 2. The topological polar surface area (TPSA) is 204 Å². The number of rotatable bonds is 49. The molecule has 0 spiro atoms. The van der Waals surface area contributed by atoms with Crippen LogP contribution in [0.2, 0.25) is 182 Å². The Labute approximate surface area is 627 Å². The van der Waals surface area contributed by atoms with Crippen LogP contribution in [0.5, 0.6) is 17.2 Å². The molecular formula is C70H140N2O16Si13. The SMILES string of the molecule is CCCC[Si](C)(C)O[Si](C)(C)O[Si](C)(C)O[Si](C)(C)O[Si](C)(C)O[Si](C)(C)O[Si](C)(C)O[Si](C)(C)O[Si](C)(C)O[Si](C)(C)O[Si](C)(C)O[Si](C)(C)O[Si](C)(C)CCCCN(CCCCCCCCCCCC(C)C)CCc1ccc(Oc2cc(O)c3c(c2N)C(=O)c2ccccc2C3=O)cc1. The monoisotopic (exact) mass is 1630 g/mol. The van der Waals surface area contributed by atoms with Gasteiger partial charge in [0.2, 0.25) is 0 Å². The van der Waals surface area contributed by atoms with Crippen LogP contribution >= 0.6 is 0 Å². The molecule has 0 saturated carbocycles. The number of carbonyl (C=O) groups is 2. The van der Waals surface area contributed by atoms with Crippen LogP contribution in [0.1, 0.15) is 148 Å². The number of ketones is 2. The summed E-state index contributed by atoms with van der Waals surface area (Å²) in [4.78, 5) is 29.6. The highest BCUT2D eigenvalue weighted by atomic mass is 28.5. The predicted molar refractivity (Wildman–Crippen MR) is 448 cm³/mol. The van der Waals surface area contributed by atoms with Crippen LogP contribution in [-0.4, -0.2) is 152 Å². The molecule has 101 heavy (non-hydrogen) atoms. The lowest BCUT2D eigenvalue weighted by molar-refractivity contribution is 0.0977. The second kappa shape index (κ2) is 37.9. The maximum Gasteiger partial charge on any atom is 0.314 e. The minimum Gasteiger partial charge on any atom is -0.507 e. The smallest absolute Gasteiger partial charge is 0.314 e. The van der Waals surface area contributed by atoms with Gasteiger partial charge in [0.25, 0.3) is 0 Å². The maximum atomic E-state index is 13.6. The van der Waals surface area contributed by atoms with Crippen LogP contribution in [0.15, 0.2) is 54.6 Å². The standard InChI is InChI=1S/C70H140N2O16Si13/c1-30-31-56-89(4,5)77-91(8,9)79-93(12,13)81-95(16,17)83-97(20,21)85-99(24,25)87-101(28,29)88-100(26,27)86-98(22,23)84-96(18,19)82-94(14,15)80-92(10,11)78-90(6,7)57-44-43-54-72(53-42-38-36-34-32-33-35-37-39-45-59(2)3)55-52-60-48-50-61(51-49-60)76-65-58-64(73)66-67(68(65)71)70(75)63-47-41-40-46-62(63)69(66)74/h40-41,46-51,58-59,73H,30-39,42-45,52-57,71H2,1-29H3. The molecule has 0 heterocycles. The molecule has 4 rings (SSSR count). The Balaban J connectivity index is 1.30. The first-order valence-electron chi connectivity index (χ1n) is 37.7. The fourth-order valence-corrected chi connectivity index (χ4v) is 82.1. The number of nitrogen functional groups attached to an aromatic ring is 1. The highest BCUT2D eigenvalue weighted by molar-refractivity contribution is 6.94. The molecule has 0 bridgehead atoms. The van der Waals surface area contributed by atoms with Crippen LogP contribution in [-0.2, 0) is 55.8 Å². The first kappa shape index (κ1) is 92.1. The number of unbranched alkanes of at least 4 members (excludes halogenated alkanes) is 10. The Morgan fingerprint density at radius 1 is 0.396 bits per heavy atom. The lowest BCUT2D eigenvalue weighted by atomic mass is 9.82. The van der Waals surface area contributed by atoms with Gasteiger partial charge in [0.05, 0.1) is 16.8 Å². The Hall–Kier alpha value is -1.30. The highest BCUT2D eigenvalue weighted by Gasteiger charge is 2.52. The Morgan fingerprint density at radius 2 is 0.713 bits per heavy atom. The van der Waals surface area contributed by atoms with Gasteiger partial charge in [-0.15, -0.1) is 0 Å². The molecule has 0 amide bonds. The summed E-state index contributed by atoms with van der Waals surface area (Å²) in [6, 6.07) is 18.0. The van der Waals surface area contributed by atoms with Crippen LogP contribution in [0, 0.1) is 5.92 Å². The van der Waals surface area contributed by atoms with Crippen molar-refractivity contribution in [2.24, 2.45) is 5.92 Å². The molecule has 0 atom stereocenters. The third-order valence-electron chi connectivity index (χ3n) is 16.9. The molecule has 0 unspecified atom stereocenters. The van der Waals surface area contributed by atoms with Crippen molar-refractivity contribution in [1.29, 1.82) is 0 Å². The Bertz CT molecular complexity index is 3110. The largest absolute Gasteiger partial charge is 0.507 e. The van der Waals surface area contributed by atoms with E-state index in [0.29, 0.717) is 5.75 Å². The molecule has 18 nitrogen and oxygen atoms in total. The van der Waals surface area contributed by atoms with Gasteiger partial charge in [0.15, 0.2) is 34.0 Å². The molecule has 1 aliphatic rings. The molecule has 0 aliphatic heterocycles. The van der Waals surface area contributed by atoms with Gasteiger partial charge in [0.1, 0.15) is 11.5 Å². The van der Waals surface area contributed by atoms with Gasteiger partial charge in [-0.1, -0.05) is 134 Å². The summed E-state index contributed by atoms with van der Waals surface area (Å²) in [5, 5.41) is 11.0. The summed E-state index contributed by atoms with van der Waals surface area (Å²) in [6.45, 7) is 65.4. The minimum absolute atomic E-state index is 0.0230. The number of hydrogen-bond donors (Lipinski definition) is 2. The zero-order chi connectivity index (χ0) is 76.7. The lowest BCUT2D eigenvalue weighted by Crippen LogP contribution is -2.63. The van der Waals surface area contributed by atoms with E-state index in [1.165, 1.54) is 82.3 Å². The lowest BCUT2D eigenvalue weighted by Gasteiger charge is -2.45. The van der Waals surface area contributed by atoms with E-state index in [-0.39, 0.29) is 39.4 Å². The van der Waals surface area contributed by atoms with Gasteiger partial charge in [0, 0.05) is 23.7 Å². The second-order valence-electron chi connectivity index (χ2n) is 34.7. The third-order valence-corrected chi connectivity index (χ3v) is 67.7. The molecule has 0 saturated heterocycles. The molecule has 0 radical (unpaired) electrons. The number of carbonyl (C=O) groups excluding carboxylic acids is 2. The first-order chi connectivity index (χ1) is 46.0. The second-order valence-corrected chi connectivity index (χ2v) is 83.3. The minimum atomic E-state index is -2.84. The normalized spacial score (nSPS) is 14.6. The summed E-state index contributed by atoms with van der Waals surface area (Å²) >= 11 is 0. The van der Waals surface area contributed by atoms with E-state index in [2.05, 4.69) is 208 Å². The molecule has 3 N–H and O–H groups in total. The van der Waals surface area contributed by atoms with Gasteiger partial charge >= 0.3 is 94.2 Å². The highest BCUT2D eigenvalue weighted by Crippen LogP contribution is 2.43. The van der Waals surface area contributed by atoms with Crippen molar-refractivity contribution in [3.05, 3.63) is 82.4 Å². The van der Waals surface area contributed by atoms with Crippen molar-refractivity contribution in [3.8, 4) is 17.2 Å². The van der Waals surface area contributed by atoms with E-state index >= 15 is 0 Å². The zero-order valence-electron chi connectivity index (χ0n) is 68.5. The van der Waals surface area contributed by atoms with Gasteiger partial charge in [-0.25, -0.2) is 0 Å². The summed E-state index contributed by atoms with van der Waals surface area (Å²) < 4.78 is 89.7. The number of ether oxygens (including phenoxy) is 1. The zero-order valence-corrected chi connectivity index (χ0v) is 81.5. The molecule has 0 fully saturated rings. The molecule has 1 aliphatic carbocycles. The van der Waals surface area contributed by atoms with Crippen LogP contribution in [0.4, 0.5) is 5.69 Å². The number of aromatic hydroxyl groups is 1. The Morgan fingerprint density at radius 3 is 1.07 bits per heavy atom. The molecule has 3 aromatic carbocycles. The Kier molecular flexibility index (Phi) is 34.5. The van der Waals surface area contributed by atoms with E-state index in [1.54, 1.807) is 24.3 Å². The van der Waals surface area contributed by atoms with Crippen LogP contribution in [0.3, 0.4) is 0 Å². The maximum absolute atomic E-state index is 13.6. The summed E-state index contributed by atoms with van der Waals surface area (Å²) in [6.07, 6.45) is 18.4. The number of hydrogen-bond acceptors (Lipinski definition) is 18. The first-order valence-corrected chi connectivity index (χ1v) is 74.9. The average molecular weight is 1630 g/mol. The summed E-state index contributed by atoms with van der Waals surface area (Å²) in [5.74, 6) is 0.228. The molecular weight excluding hydrogens is 1490 g/mol. The summed E-state index contributed by atoms with van der Waals surface area (Å²) in [7, 11) is -34.3. The van der Waals surface area contributed by atoms with Crippen molar-refractivity contribution in [3.63, 3.8) is 0 Å². The van der Waals surface area contributed by atoms with E-state index < -0.39 is 122 Å². The van der Waals surface area contributed by atoms with Gasteiger partial charge in [-0.3, -0.25) is 9.59 Å². The number of phenols is 1. The van der Waals surface area contributed by atoms with E-state index in [0.717, 1.165) is 63.3 Å². The van der Waals surface area contributed by atoms with Crippen LogP contribution in [0.25, 0.3) is 0 Å². The molecule has 31 heteroatoms. The summed E-state index contributed by atoms with van der Waals surface area (Å²) in [5.41, 5.74) is 8.11. The van der Waals surface area contributed by atoms with Crippen molar-refractivity contribution in [2.75, 3.05) is 25.4 Å². The molecule has 3 aromatic rings. The van der Waals surface area contributed by atoms with Gasteiger partial charge < -0.3 is 69.9 Å². The van der Waals surface area contributed by atoms with Crippen molar-refractivity contribution >= 4 is 128 Å². The van der Waals surface area contributed by atoms with Gasteiger partial charge in [-0.05, 0) is 238 Å². The van der Waals surface area contributed by atoms with Gasteiger partial charge in [-0.2, -0.15) is 0 Å². The molecule has 0 aromatic heterocycles. The quantitative estimate of drug-likeness (QED) is 0.0183. The fraction of sp³-hybridized carbons (Fsp3) is 0.714. The number of nitrogens with two attached hydrogens (primary N) is 1. The number of benzene rings is 3. The van der Waals surface area contributed by atoms with Crippen LogP contribution < -0.4 is 10.5 Å². The van der Waals surface area contributed by atoms with Crippen molar-refractivity contribution in [1.82, 2.24) is 4.90 Å². The van der Waals surface area contributed by atoms with Crippen molar-refractivity contribution in [2.45, 2.75) is 299 Å². The number of anilines is 1. The average Bonchev–Trinajstić information content (AvgIpc) is 0.741. The third kappa shape index (κ3) is 34.4. The fourth-order valence-electron chi connectivity index (χ4n) is 15.0. The van der Waals surface area contributed by atoms with E-state index in [4.69, 9.17) is 59.9 Å². The van der Waals surface area contributed by atoms with E-state index in [9.17, 15) is 14.7 Å². The van der Waals surface area contributed by atoms with Crippen molar-refractivity contribution < 1.29 is 68.8 Å². The van der Waals surface area contributed by atoms with E-state index in [1.807, 2.05) is 12.1 Å². The predicted octanol–water partition coefficient (Wildman–Crippen LogP) is 20.9.